The van der Waals surface area contributed by atoms with Crippen molar-refractivity contribution in [3.8, 4) is 11.3 Å². The first-order valence-electron chi connectivity index (χ1n) is 6.75. The second-order valence-corrected chi connectivity index (χ2v) is 7.60. The first-order valence-corrected chi connectivity index (χ1v) is 9.12. The van der Waals surface area contributed by atoms with Gasteiger partial charge in [-0.05, 0) is 31.2 Å². The molecule has 0 bridgehead atoms. The SMILES string of the molecule is Cc1nc(-c2ccccc2NS(=O)(=O)c2cccc(F)c2)cs1. The third kappa shape index (κ3) is 3.40. The average Bonchev–Trinajstić information content (AvgIpc) is 2.94. The largest absolute Gasteiger partial charge is 0.279 e. The molecule has 0 fully saturated rings. The van der Waals surface area contributed by atoms with Crippen molar-refractivity contribution >= 4 is 27.0 Å². The zero-order chi connectivity index (χ0) is 16.4. The minimum atomic E-state index is -3.87. The Kier molecular flexibility index (Phi) is 4.14. The summed E-state index contributed by atoms with van der Waals surface area (Å²) >= 11 is 1.49. The van der Waals surface area contributed by atoms with E-state index in [0.29, 0.717) is 16.9 Å². The van der Waals surface area contributed by atoms with Crippen molar-refractivity contribution < 1.29 is 12.8 Å². The number of aromatic nitrogens is 1. The predicted octanol–water partition coefficient (Wildman–Crippen LogP) is 4.06. The van der Waals surface area contributed by atoms with E-state index in [9.17, 15) is 12.8 Å². The summed E-state index contributed by atoms with van der Waals surface area (Å²) in [5.41, 5.74) is 1.78. The van der Waals surface area contributed by atoms with Gasteiger partial charge >= 0.3 is 0 Å². The summed E-state index contributed by atoms with van der Waals surface area (Å²) in [7, 11) is -3.87. The highest BCUT2D eigenvalue weighted by molar-refractivity contribution is 7.92. The molecule has 3 aromatic rings. The van der Waals surface area contributed by atoms with Gasteiger partial charge < -0.3 is 0 Å². The first kappa shape index (κ1) is 15.6. The second kappa shape index (κ2) is 6.10. The molecular weight excluding hydrogens is 335 g/mol. The topological polar surface area (TPSA) is 59.1 Å². The molecule has 0 radical (unpaired) electrons. The van der Waals surface area contributed by atoms with Gasteiger partial charge in [0, 0.05) is 10.9 Å². The number of nitrogens with zero attached hydrogens (tertiary/aromatic N) is 1. The van der Waals surface area contributed by atoms with Crippen molar-refractivity contribution in [3.63, 3.8) is 0 Å². The lowest BCUT2D eigenvalue weighted by Crippen LogP contribution is -2.13. The van der Waals surface area contributed by atoms with Crippen LogP contribution in [0.2, 0.25) is 0 Å². The summed E-state index contributed by atoms with van der Waals surface area (Å²) in [6, 6.07) is 11.9. The fourth-order valence-electron chi connectivity index (χ4n) is 2.12. The van der Waals surface area contributed by atoms with E-state index < -0.39 is 15.8 Å². The molecule has 0 amide bonds. The van der Waals surface area contributed by atoms with Crippen LogP contribution in [0.4, 0.5) is 10.1 Å². The third-order valence-corrected chi connectivity index (χ3v) is 5.31. The molecule has 1 aromatic heterocycles. The van der Waals surface area contributed by atoms with E-state index in [4.69, 9.17) is 0 Å². The maximum Gasteiger partial charge on any atom is 0.262 e. The molecule has 3 rings (SSSR count). The molecule has 23 heavy (non-hydrogen) atoms. The van der Waals surface area contributed by atoms with E-state index >= 15 is 0 Å². The van der Waals surface area contributed by atoms with Gasteiger partial charge in [0.05, 0.1) is 21.3 Å². The van der Waals surface area contributed by atoms with Gasteiger partial charge in [0.15, 0.2) is 0 Å². The van der Waals surface area contributed by atoms with Crippen LogP contribution in [0.25, 0.3) is 11.3 Å². The monoisotopic (exact) mass is 348 g/mol. The molecule has 7 heteroatoms. The summed E-state index contributed by atoms with van der Waals surface area (Å²) < 4.78 is 40.7. The molecule has 0 aliphatic heterocycles. The fourth-order valence-corrected chi connectivity index (χ4v) is 3.84. The molecule has 0 atom stereocenters. The Balaban J connectivity index is 2.00. The van der Waals surface area contributed by atoms with E-state index in [-0.39, 0.29) is 4.90 Å². The Labute approximate surface area is 137 Å². The van der Waals surface area contributed by atoms with Crippen LogP contribution in [0.1, 0.15) is 5.01 Å². The Bertz CT molecular complexity index is 952. The smallest absolute Gasteiger partial charge is 0.262 e. The van der Waals surface area contributed by atoms with Crippen molar-refractivity contribution in [1.29, 1.82) is 0 Å². The van der Waals surface area contributed by atoms with Gasteiger partial charge in [-0.1, -0.05) is 24.3 Å². The minimum absolute atomic E-state index is 0.123. The van der Waals surface area contributed by atoms with E-state index in [0.717, 1.165) is 11.1 Å². The lowest BCUT2D eigenvalue weighted by atomic mass is 10.1. The molecule has 0 aliphatic carbocycles. The molecule has 4 nitrogen and oxygen atoms in total. The van der Waals surface area contributed by atoms with Crippen LogP contribution in [-0.4, -0.2) is 13.4 Å². The van der Waals surface area contributed by atoms with Crippen LogP contribution in [0.3, 0.4) is 0 Å². The molecule has 2 aromatic carbocycles. The van der Waals surface area contributed by atoms with E-state index in [1.807, 2.05) is 18.4 Å². The van der Waals surface area contributed by atoms with Crippen LogP contribution in [0.5, 0.6) is 0 Å². The quantitative estimate of drug-likeness (QED) is 0.773. The van der Waals surface area contributed by atoms with Gasteiger partial charge in [-0.3, -0.25) is 4.72 Å². The molecule has 0 saturated heterocycles. The minimum Gasteiger partial charge on any atom is -0.279 e. The van der Waals surface area contributed by atoms with Gasteiger partial charge in [-0.2, -0.15) is 0 Å². The average molecular weight is 348 g/mol. The number of benzene rings is 2. The maximum absolute atomic E-state index is 13.3. The number of nitrogens with one attached hydrogen (secondary N) is 1. The van der Waals surface area contributed by atoms with Gasteiger partial charge in [-0.25, -0.2) is 17.8 Å². The highest BCUT2D eigenvalue weighted by Gasteiger charge is 2.17. The normalized spacial score (nSPS) is 11.4. The molecule has 0 aliphatic rings. The van der Waals surface area contributed by atoms with Crippen molar-refractivity contribution in [1.82, 2.24) is 4.98 Å². The maximum atomic E-state index is 13.3. The highest BCUT2D eigenvalue weighted by atomic mass is 32.2. The van der Waals surface area contributed by atoms with Crippen LogP contribution >= 0.6 is 11.3 Å². The Hall–Kier alpha value is -2.25. The summed E-state index contributed by atoms with van der Waals surface area (Å²) in [5.74, 6) is -0.601. The number of para-hydroxylation sites is 1. The van der Waals surface area contributed by atoms with Crippen LogP contribution < -0.4 is 4.72 Å². The van der Waals surface area contributed by atoms with Crippen LogP contribution in [0.15, 0.2) is 58.8 Å². The van der Waals surface area contributed by atoms with E-state index in [2.05, 4.69) is 9.71 Å². The Morgan fingerprint density at radius 1 is 1.13 bits per heavy atom. The summed E-state index contributed by atoms with van der Waals surface area (Å²) in [4.78, 5) is 4.26. The standard InChI is InChI=1S/C16H13FN2O2S2/c1-11-18-16(10-22-11)14-7-2-3-8-15(14)19-23(20,21)13-6-4-5-12(17)9-13/h2-10,19H,1H3. The van der Waals surface area contributed by atoms with Crippen LogP contribution in [0, 0.1) is 12.7 Å². The molecule has 1 heterocycles. The van der Waals surface area contributed by atoms with Crippen molar-refractivity contribution in [3.05, 3.63) is 64.7 Å². The molecule has 118 valence electrons. The number of rotatable bonds is 4. The molecular formula is C16H13FN2O2S2. The number of thiazole rings is 1. The number of halogens is 1. The van der Waals surface area contributed by atoms with Gasteiger partial charge in [0.1, 0.15) is 5.82 Å². The van der Waals surface area contributed by atoms with E-state index in [1.165, 1.54) is 29.5 Å². The molecule has 0 unspecified atom stereocenters. The number of hydrogen-bond acceptors (Lipinski definition) is 4. The number of sulfonamides is 1. The number of aryl methyl sites for hydroxylation is 1. The molecule has 0 spiro atoms. The molecule has 0 saturated carbocycles. The zero-order valence-corrected chi connectivity index (χ0v) is 13.8. The molecule has 1 N–H and O–H groups in total. The van der Waals surface area contributed by atoms with E-state index in [1.54, 1.807) is 18.2 Å². The van der Waals surface area contributed by atoms with Crippen molar-refractivity contribution in [2.24, 2.45) is 0 Å². The Morgan fingerprint density at radius 2 is 1.91 bits per heavy atom. The van der Waals surface area contributed by atoms with Gasteiger partial charge in [0.25, 0.3) is 10.0 Å². The lowest BCUT2D eigenvalue weighted by Gasteiger charge is -2.11. The van der Waals surface area contributed by atoms with Crippen molar-refractivity contribution in [2.75, 3.05) is 4.72 Å². The number of hydrogen-bond donors (Lipinski definition) is 1. The van der Waals surface area contributed by atoms with Gasteiger partial charge in [0.2, 0.25) is 0 Å². The lowest BCUT2D eigenvalue weighted by molar-refractivity contribution is 0.595. The summed E-state index contributed by atoms with van der Waals surface area (Å²) in [6.07, 6.45) is 0. The highest BCUT2D eigenvalue weighted by Crippen LogP contribution is 2.30. The first-order chi connectivity index (χ1) is 11.0. The zero-order valence-electron chi connectivity index (χ0n) is 12.2. The second-order valence-electron chi connectivity index (χ2n) is 4.86. The summed E-state index contributed by atoms with van der Waals surface area (Å²) in [6.45, 7) is 1.88. The van der Waals surface area contributed by atoms with Crippen molar-refractivity contribution in [2.45, 2.75) is 11.8 Å². The Morgan fingerprint density at radius 3 is 2.61 bits per heavy atom. The van der Waals surface area contributed by atoms with Crippen LogP contribution in [-0.2, 0) is 10.0 Å². The summed E-state index contributed by atoms with van der Waals surface area (Å²) in [5, 5.41) is 2.76. The third-order valence-electron chi connectivity index (χ3n) is 3.17. The predicted molar refractivity (Wildman–Crippen MR) is 89.5 cm³/mol. The number of anilines is 1. The fraction of sp³-hybridized carbons (Fsp3) is 0.0625. The van der Waals surface area contributed by atoms with Gasteiger partial charge in [-0.15, -0.1) is 11.3 Å².